The van der Waals surface area contributed by atoms with Gasteiger partial charge in [-0.15, -0.1) is 0 Å². The van der Waals surface area contributed by atoms with Crippen LogP contribution in [0.4, 0.5) is 0 Å². The average molecular weight is 711 g/mol. The molecule has 0 spiro atoms. The van der Waals surface area contributed by atoms with Crippen LogP contribution in [0.25, 0.3) is 22.3 Å². The number of carbonyl (C=O) groups excluding carboxylic acids is 6. The molecule has 15 nitrogen and oxygen atoms in total. The van der Waals surface area contributed by atoms with Gasteiger partial charge in [-0.25, -0.2) is 0 Å². The van der Waals surface area contributed by atoms with Crippen LogP contribution in [-0.4, -0.2) is 69.4 Å². The normalized spacial score (nSPS) is 12.5. The molecule has 0 aromatic heterocycles. The van der Waals surface area contributed by atoms with Gasteiger partial charge >= 0.3 is 35.8 Å². The summed E-state index contributed by atoms with van der Waals surface area (Å²) in [6.07, 6.45) is -4.69. The van der Waals surface area contributed by atoms with Gasteiger partial charge in [0.15, 0.2) is 23.0 Å². The Morgan fingerprint density at radius 1 is 0.510 bits per heavy atom. The van der Waals surface area contributed by atoms with Crippen molar-refractivity contribution in [3.05, 3.63) is 48.5 Å². The van der Waals surface area contributed by atoms with Gasteiger partial charge in [0.25, 0.3) is 0 Å². The SMILES string of the molecule is CC(=O)Oc1c(OC(=O)C[C@H](C)OC(C)=O)c(-c2ccc(O)cc2)c(OC(=O)C[C@H](C)O)c(OC(=O)C[C@H](C)OC(C)=O)c1-c1ccc(O)cc1. The molecule has 0 heterocycles. The summed E-state index contributed by atoms with van der Waals surface area (Å²) in [6, 6.07) is 10.3. The van der Waals surface area contributed by atoms with Crippen molar-refractivity contribution in [3.63, 3.8) is 0 Å². The molecule has 3 rings (SSSR count). The molecule has 0 aliphatic carbocycles. The topological polar surface area (TPSA) is 218 Å². The summed E-state index contributed by atoms with van der Waals surface area (Å²) >= 11 is 0. The number of aliphatic hydroxyl groups is 1. The van der Waals surface area contributed by atoms with E-state index in [1.54, 1.807) is 0 Å². The lowest BCUT2D eigenvalue weighted by atomic mass is 9.94. The molecule has 0 unspecified atom stereocenters. The van der Waals surface area contributed by atoms with Crippen LogP contribution in [0.5, 0.6) is 34.5 Å². The van der Waals surface area contributed by atoms with Gasteiger partial charge in [0.2, 0.25) is 0 Å². The van der Waals surface area contributed by atoms with E-state index in [-0.39, 0.29) is 33.8 Å². The van der Waals surface area contributed by atoms with E-state index in [1.807, 2.05) is 0 Å². The summed E-state index contributed by atoms with van der Waals surface area (Å²) in [6.45, 7) is 7.52. The number of benzene rings is 3. The number of aliphatic hydroxyl groups excluding tert-OH is 1. The van der Waals surface area contributed by atoms with Crippen LogP contribution in [0.3, 0.4) is 0 Å². The molecular formula is C36H38O15. The van der Waals surface area contributed by atoms with E-state index < -0.39 is 96.4 Å². The number of esters is 6. The Morgan fingerprint density at radius 3 is 1.12 bits per heavy atom. The molecule has 0 aliphatic rings. The molecular weight excluding hydrogens is 672 g/mol. The summed E-state index contributed by atoms with van der Waals surface area (Å²) in [4.78, 5) is 75.9. The summed E-state index contributed by atoms with van der Waals surface area (Å²) in [7, 11) is 0. The molecule has 0 radical (unpaired) electrons. The Balaban J connectivity index is 2.53. The van der Waals surface area contributed by atoms with Crippen molar-refractivity contribution in [2.75, 3.05) is 0 Å². The minimum absolute atomic E-state index is 0.0831. The van der Waals surface area contributed by atoms with E-state index in [1.165, 1.54) is 69.3 Å². The van der Waals surface area contributed by atoms with Crippen LogP contribution in [-0.2, 0) is 38.2 Å². The van der Waals surface area contributed by atoms with Crippen LogP contribution in [0.2, 0.25) is 0 Å². The molecule has 0 bridgehead atoms. The zero-order valence-corrected chi connectivity index (χ0v) is 28.7. The predicted molar refractivity (Wildman–Crippen MR) is 177 cm³/mol. The first-order valence-corrected chi connectivity index (χ1v) is 15.6. The standard InChI is InChI=1S/C36H38O15/c1-18(37)15-28(43)49-36-32(25-9-13-27(42)14-10-25)34(50-29(44)16-19(2)46-21(4)38)33(48-23(6)40)31(24-7-11-26(41)12-8-24)35(36)51-30(45)17-20(3)47-22(5)39/h7-14,18-20,37,41-42H,15-17H2,1-6H3/t18-,19-,20-/m0/s1. The number of phenolic OH excluding ortho intramolecular Hbond substituents is 2. The van der Waals surface area contributed by atoms with E-state index in [2.05, 4.69) is 0 Å². The summed E-state index contributed by atoms with van der Waals surface area (Å²) in [5, 5.41) is 30.1. The van der Waals surface area contributed by atoms with Gasteiger partial charge in [-0.1, -0.05) is 24.3 Å². The molecule has 0 aliphatic heterocycles. The maximum atomic E-state index is 13.5. The summed E-state index contributed by atoms with van der Waals surface area (Å²) in [5.74, 6) is -7.80. The molecule has 272 valence electrons. The fourth-order valence-electron chi connectivity index (χ4n) is 4.80. The Morgan fingerprint density at radius 2 is 0.824 bits per heavy atom. The Hall–Kier alpha value is -5.96. The second-order valence-electron chi connectivity index (χ2n) is 11.5. The number of hydrogen-bond donors (Lipinski definition) is 3. The number of hydrogen-bond acceptors (Lipinski definition) is 15. The second-order valence-corrected chi connectivity index (χ2v) is 11.5. The predicted octanol–water partition coefficient (Wildman–Crippen LogP) is 4.53. The molecule has 0 fully saturated rings. The maximum Gasteiger partial charge on any atom is 0.315 e. The van der Waals surface area contributed by atoms with E-state index in [9.17, 15) is 44.1 Å². The van der Waals surface area contributed by atoms with Crippen molar-refractivity contribution < 1.29 is 72.5 Å². The number of ether oxygens (including phenoxy) is 6. The van der Waals surface area contributed by atoms with Crippen molar-refractivity contribution in [1.29, 1.82) is 0 Å². The lowest BCUT2D eigenvalue weighted by molar-refractivity contribution is -0.151. The van der Waals surface area contributed by atoms with E-state index in [0.717, 1.165) is 20.8 Å². The first kappa shape index (κ1) is 39.5. The van der Waals surface area contributed by atoms with E-state index >= 15 is 0 Å². The monoisotopic (exact) mass is 710 g/mol. The third-order valence-electron chi connectivity index (χ3n) is 6.63. The van der Waals surface area contributed by atoms with Crippen LogP contribution in [0.15, 0.2) is 48.5 Å². The Kier molecular flexibility index (Phi) is 13.6. The molecule has 0 amide bonds. The molecule has 3 aromatic carbocycles. The van der Waals surface area contributed by atoms with Gasteiger partial charge in [0.05, 0.1) is 36.5 Å². The van der Waals surface area contributed by atoms with Crippen LogP contribution >= 0.6 is 0 Å². The third kappa shape index (κ3) is 11.6. The molecule has 51 heavy (non-hydrogen) atoms. The Bertz CT molecular complexity index is 1780. The van der Waals surface area contributed by atoms with Crippen LogP contribution in [0.1, 0.15) is 60.8 Å². The number of carbonyl (C=O) groups is 6. The second kappa shape index (κ2) is 17.6. The smallest absolute Gasteiger partial charge is 0.315 e. The number of aromatic hydroxyl groups is 2. The highest BCUT2D eigenvalue weighted by molar-refractivity contribution is 5.99. The minimum atomic E-state index is -1.19. The Labute approximate surface area is 292 Å². The van der Waals surface area contributed by atoms with Gasteiger partial charge in [-0.3, -0.25) is 28.8 Å². The maximum absolute atomic E-state index is 13.5. The van der Waals surface area contributed by atoms with Crippen molar-refractivity contribution >= 4 is 35.8 Å². The van der Waals surface area contributed by atoms with Crippen molar-refractivity contribution in [2.24, 2.45) is 0 Å². The lowest BCUT2D eigenvalue weighted by Crippen LogP contribution is -2.23. The van der Waals surface area contributed by atoms with Gasteiger partial charge in [-0.05, 0) is 56.2 Å². The lowest BCUT2D eigenvalue weighted by Gasteiger charge is -2.25. The zero-order chi connectivity index (χ0) is 38.0. The van der Waals surface area contributed by atoms with Gasteiger partial charge in [-0.2, -0.15) is 0 Å². The van der Waals surface area contributed by atoms with Crippen LogP contribution < -0.4 is 18.9 Å². The summed E-state index contributed by atoms with van der Waals surface area (Å²) < 4.78 is 33.2. The molecule has 3 aromatic rings. The van der Waals surface area contributed by atoms with E-state index in [4.69, 9.17) is 28.4 Å². The highest BCUT2D eigenvalue weighted by atomic mass is 16.6. The van der Waals surface area contributed by atoms with Crippen molar-refractivity contribution in [3.8, 4) is 56.8 Å². The van der Waals surface area contributed by atoms with Crippen molar-refractivity contribution in [2.45, 2.75) is 79.1 Å². The van der Waals surface area contributed by atoms with Crippen molar-refractivity contribution in [1.82, 2.24) is 0 Å². The first-order valence-electron chi connectivity index (χ1n) is 15.6. The molecule has 3 atom stereocenters. The molecule has 15 heteroatoms. The van der Waals surface area contributed by atoms with Gasteiger partial charge in [0.1, 0.15) is 23.7 Å². The highest BCUT2D eigenvalue weighted by Crippen LogP contribution is 2.57. The van der Waals surface area contributed by atoms with E-state index in [0.29, 0.717) is 0 Å². The number of phenols is 2. The molecule has 0 saturated carbocycles. The third-order valence-corrected chi connectivity index (χ3v) is 6.63. The highest BCUT2D eigenvalue weighted by Gasteiger charge is 2.35. The molecule has 3 N–H and O–H groups in total. The summed E-state index contributed by atoms with van der Waals surface area (Å²) in [5.41, 5.74) is -0.371. The van der Waals surface area contributed by atoms with Crippen LogP contribution in [0, 0.1) is 0 Å². The quantitative estimate of drug-likeness (QED) is 0.155. The number of rotatable bonds is 14. The fraction of sp³-hybridized carbons (Fsp3) is 0.333. The zero-order valence-electron chi connectivity index (χ0n) is 28.7. The van der Waals surface area contributed by atoms with Gasteiger partial charge in [0, 0.05) is 20.8 Å². The average Bonchev–Trinajstić information content (AvgIpc) is 2.99. The van der Waals surface area contributed by atoms with Gasteiger partial charge < -0.3 is 43.7 Å². The largest absolute Gasteiger partial charge is 0.508 e. The minimum Gasteiger partial charge on any atom is -0.508 e. The fourth-order valence-corrected chi connectivity index (χ4v) is 4.80. The first-order chi connectivity index (χ1) is 23.9. The molecule has 0 saturated heterocycles.